The number of carbonyl (C=O) groups excluding carboxylic acids is 1. The van der Waals surface area contributed by atoms with Gasteiger partial charge in [0.1, 0.15) is 0 Å². The molecule has 0 fully saturated rings. The van der Waals surface area contributed by atoms with Crippen molar-refractivity contribution in [1.29, 1.82) is 0 Å². The monoisotopic (exact) mass is 267 g/mol. The molecule has 0 aliphatic rings. The number of urea groups is 1. The Bertz CT molecular complexity index is 354. The van der Waals surface area contributed by atoms with Crippen LogP contribution in [0.1, 0.15) is 19.3 Å². The van der Waals surface area contributed by atoms with Crippen LogP contribution in [-0.4, -0.2) is 44.4 Å². The first-order valence-corrected chi connectivity index (χ1v) is 6.77. The van der Waals surface area contributed by atoms with E-state index < -0.39 is 22.0 Å². The molecule has 0 saturated carbocycles. The van der Waals surface area contributed by atoms with E-state index in [1.165, 1.54) is 0 Å². The van der Waals surface area contributed by atoms with Gasteiger partial charge in [0.25, 0.3) is 0 Å². The molecule has 0 bridgehead atoms. The summed E-state index contributed by atoms with van der Waals surface area (Å²) in [5, 5.41) is 17.9. The van der Waals surface area contributed by atoms with E-state index in [9.17, 15) is 18.0 Å². The Kier molecular flexibility index (Phi) is 7.22. The van der Waals surface area contributed by atoms with E-state index in [0.29, 0.717) is 19.4 Å². The van der Waals surface area contributed by atoms with Crippen LogP contribution < -0.4 is 15.8 Å². The molecule has 0 saturated heterocycles. The van der Waals surface area contributed by atoms with Crippen molar-refractivity contribution in [2.45, 2.75) is 19.3 Å². The summed E-state index contributed by atoms with van der Waals surface area (Å²) in [6.45, 7) is 0.286. The van der Waals surface area contributed by atoms with Crippen LogP contribution in [0.5, 0.6) is 0 Å². The smallest absolute Gasteiger partial charge is 0.314 e. The molecule has 8 nitrogen and oxygen atoms in total. The fourth-order valence-corrected chi connectivity index (χ4v) is 1.36. The quantitative estimate of drug-likeness (QED) is 0.410. The molecule has 5 N–H and O–H groups in total. The summed E-state index contributed by atoms with van der Waals surface area (Å²) in [6.07, 6.45) is 1.09. The molecule has 0 rings (SSSR count). The van der Waals surface area contributed by atoms with Crippen LogP contribution in [0.25, 0.3) is 0 Å². The van der Waals surface area contributed by atoms with Crippen molar-refractivity contribution in [2.75, 3.05) is 18.8 Å². The average molecular weight is 267 g/mol. The zero-order valence-corrected chi connectivity index (χ0v) is 10.1. The maximum absolute atomic E-state index is 11.1. The molecule has 0 aromatic heterocycles. The number of hydrogen-bond donors (Lipinski definition) is 4. The standard InChI is InChI=1S/C8H17N3O5S/c9-17(15,16)6-5-11-8(14)10-4-2-1-3-7(12)13/h1-6H2,(H,12,13)(H2,9,15,16)(H2,10,11,14). The van der Waals surface area contributed by atoms with E-state index in [1.54, 1.807) is 0 Å². The zero-order chi connectivity index (χ0) is 13.3. The first kappa shape index (κ1) is 15.7. The molecule has 9 heteroatoms. The SMILES string of the molecule is NS(=O)(=O)CCNC(=O)NCCCCC(=O)O. The largest absolute Gasteiger partial charge is 0.481 e. The lowest BCUT2D eigenvalue weighted by molar-refractivity contribution is -0.137. The average Bonchev–Trinajstić information content (AvgIpc) is 2.14. The van der Waals surface area contributed by atoms with Crippen LogP contribution in [-0.2, 0) is 14.8 Å². The van der Waals surface area contributed by atoms with E-state index in [2.05, 4.69) is 10.6 Å². The predicted molar refractivity (Wildman–Crippen MR) is 60.9 cm³/mol. The third-order valence-electron chi connectivity index (χ3n) is 1.78. The number of carboxylic acids is 1. The number of hydrogen-bond acceptors (Lipinski definition) is 4. The number of rotatable bonds is 8. The Morgan fingerprint density at radius 1 is 1.12 bits per heavy atom. The second-order valence-electron chi connectivity index (χ2n) is 3.40. The number of sulfonamides is 1. The molecule has 100 valence electrons. The van der Waals surface area contributed by atoms with Gasteiger partial charge in [-0.15, -0.1) is 0 Å². The first-order chi connectivity index (χ1) is 7.81. The molecule has 0 atom stereocenters. The lowest BCUT2D eigenvalue weighted by Gasteiger charge is -2.06. The van der Waals surface area contributed by atoms with Gasteiger partial charge in [-0.25, -0.2) is 18.4 Å². The van der Waals surface area contributed by atoms with Gasteiger partial charge < -0.3 is 15.7 Å². The molecule has 0 aliphatic carbocycles. The normalized spacial score (nSPS) is 10.9. The van der Waals surface area contributed by atoms with Gasteiger partial charge in [0, 0.05) is 19.5 Å². The van der Waals surface area contributed by atoms with Crippen molar-refractivity contribution in [3.63, 3.8) is 0 Å². The zero-order valence-electron chi connectivity index (χ0n) is 9.31. The third kappa shape index (κ3) is 12.6. The highest BCUT2D eigenvalue weighted by Crippen LogP contribution is 1.92. The van der Waals surface area contributed by atoms with Crippen LogP contribution in [0.2, 0.25) is 0 Å². The number of nitrogens with one attached hydrogen (secondary N) is 2. The highest BCUT2D eigenvalue weighted by molar-refractivity contribution is 7.89. The van der Waals surface area contributed by atoms with Crippen LogP contribution in [0.15, 0.2) is 0 Å². The van der Waals surface area contributed by atoms with Crippen LogP contribution in [0.4, 0.5) is 4.79 Å². The Morgan fingerprint density at radius 3 is 2.24 bits per heavy atom. The van der Waals surface area contributed by atoms with Gasteiger partial charge in [-0.1, -0.05) is 0 Å². The molecule has 2 amide bonds. The molecule has 0 aliphatic heterocycles. The number of nitrogens with two attached hydrogens (primary N) is 1. The molecule has 17 heavy (non-hydrogen) atoms. The van der Waals surface area contributed by atoms with Gasteiger partial charge in [0.15, 0.2) is 0 Å². The second-order valence-corrected chi connectivity index (χ2v) is 5.13. The fraction of sp³-hybridized carbons (Fsp3) is 0.750. The summed E-state index contributed by atoms with van der Waals surface area (Å²) >= 11 is 0. The molecule has 0 heterocycles. The fourth-order valence-electron chi connectivity index (χ4n) is 0.972. The highest BCUT2D eigenvalue weighted by atomic mass is 32.2. The van der Waals surface area contributed by atoms with E-state index in [4.69, 9.17) is 10.2 Å². The minimum Gasteiger partial charge on any atom is -0.481 e. The van der Waals surface area contributed by atoms with E-state index in [1.807, 2.05) is 0 Å². The molecule has 0 aromatic rings. The third-order valence-corrected chi connectivity index (χ3v) is 2.55. The lowest BCUT2D eigenvalue weighted by atomic mass is 10.2. The summed E-state index contributed by atoms with van der Waals surface area (Å²) in [6, 6.07) is -0.496. The minimum absolute atomic E-state index is 0.0558. The van der Waals surface area contributed by atoms with Gasteiger partial charge in [-0.2, -0.15) is 0 Å². The number of carbonyl (C=O) groups is 2. The molecular formula is C8H17N3O5S. The maximum Gasteiger partial charge on any atom is 0.314 e. The van der Waals surface area contributed by atoms with E-state index in [-0.39, 0.29) is 18.7 Å². The Labute approximate surface area is 99.6 Å². The van der Waals surface area contributed by atoms with Gasteiger partial charge in [-0.05, 0) is 12.8 Å². The minimum atomic E-state index is -3.57. The number of aliphatic carboxylic acids is 1. The first-order valence-electron chi connectivity index (χ1n) is 5.05. The Morgan fingerprint density at radius 2 is 1.71 bits per heavy atom. The van der Waals surface area contributed by atoms with Crippen molar-refractivity contribution in [3.05, 3.63) is 0 Å². The Hall–Kier alpha value is -1.35. The summed E-state index contributed by atoms with van der Waals surface area (Å²) < 4.78 is 21.1. The van der Waals surface area contributed by atoms with Crippen LogP contribution >= 0.6 is 0 Å². The van der Waals surface area contributed by atoms with Crippen LogP contribution in [0.3, 0.4) is 0 Å². The molecular weight excluding hydrogens is 250 g/mol. The number of carboxylic acid groups (broad SMARTS) is 1. The summed E-state index contributed by atoms with van der Waals surface area (Å²) in [7, 11) is -3.57. The maximum atomic E-state index is 11.1. The van der Waals surface area contributed by atoms with Crippen molar-refractivity contribution < 1.29 is 23.1 Å². The number of amides is 2. The van der Waals surface area contributed by atoms with E-state index in [0.717, 1.165) is 0 Å². The topological polar surface area (TPSA) is 139 Å². The van der Waals surface area contributed by atoms with E-state index >= 15 is 0 Å². The summed E-state index contributed by atoms with van der Waals surface area (Å²) in [5.74, 6) is -1.19. The van der Waals surface area contributed by atoms with Crippen molar-refractivity contribution in [3.8, 4) is 0 Å². The highest BCUT2D eigenvalue weighted by Gasteiger charge is 2.04. The van der Waals surface area contributed by atoms with Gasteiger partial charge in [0.05, 0.1) is 5.75 Å². The summed E-state index contributed by atoms with van der Waals surface area (Å²) in [5.41, 5.74) is 0. The molecule has 0 unspecified atom stereocenters. The number of unbranched alkanes of at least 4 members (excludes halogenated alkanes) is 1. The van der Waals surface area contributed by atoms with Crippen molar-refractivity contribution in [1.82, 2.24) is 10.6 Å². The van der Waals surface area contributed by atoms with Gasteiger partial charge in [-0.3, -0.25) is 4.79 Å². The molecule has 0 radical (unpaired) electrons. The number of primary sulfonamides is 1. The van der Waals surface area contributed by atoms with Crippen molar-refractivity contribution >= 4 is 22.0 Å². The predicted octanol–water partition coefficient (Wildman–Crippen LogP) is -1.17. The van der Waals surface area contributed by atoms with Gasteiger partial charge in [0.2, 0.25) is 10.0 Å². The second kappa shape index (κ2) is 7.85. The van der Waals surface area contributed by atoms with Crippen LogP contribution in [0, 0.1) is 0 Å². The van der Waals surface area contributed by atoms with Gasteiger partial charge >= 0.3 is 12.0 Å². The molecule has 0 aromatic carbocycles. The van der Waals surface area contributed by atoms with Crippen molar-refractivity contribution in [2.24, 2.45) is 5.14 Å². The summed E-state index contributed by atoms with van der Waals surface area (Å²) in [4.78, 5) is 21.2. The molecule has 0 spiro atoms. The Balaban J connectivity index is 3.44. The lowest BCUT2D eigenvalue weighted by Crippen LogP contribution is -2.39.